The number of hydrogen-bond acceptors (Lipinski definition) is 3. The Morgan fingerprint density at radius 3 is 2.68 bits per heavy atom. The molecule has 7 heteroatoms. The number of nitrogens with zero attached hydrogens (tertiary/aromatic N) is 1. The van der Waals surface area contributed by atoms with Crippen LogP contribution in [0.3, 0.4) is 0 Å². The van der Waals surface area contributed by atoms with E-state index in [0.29, 0.717) is 24.7 Å². The lowest BCUT2D eigenvalue weighted by molar-refractivity contribution is 0.111. The van der Waals surface area contributed by atoms with Gasteiger partial charge in [0, 0.05) is 32.3 Å². The summed E-state index contributed by atoms with van der Waals surface area (Å²) in [5.41, 5.74) is 1.02. The van der Waals surface area contributed by atoms with Gasteiger partial charge in [0.1, 0.15) is 6.10 Å². The van der Waals surface area contributed by atoms with Crippen molar-refractivity contribution in [2.45, 2.75) is 13.0 Å². The van der Waals surface area contributed by atoms with Crippen LogP contribution in [0.5, 0.6) is 0 Å². The molecule has 0 saturated heterocycles. The zero-order valence-corrected chi connectivity index (χ0v) is 16.4. The standard InChI is InChI=1S/C15H24ClN3O2.HI/c1-4-17-15(18-8-9-20-2)19-11-14(21-3)12-6-5-7-13(16)10-12;/h5-7,10,14H,4,8-9,11H2,1-3H3,(H2,17,18,19);1H. The molecule has 0 aliphatic carbocycles. The molecule has 0 fully saturated rings. The van der Waals surface area contributed by atoms with Gasteiger partial charge in [-0.2, -0.15) is 0 Å². The third-order valence-electron chi connectivity index (χ3n) is 2.86. The Morgan fingerprint density at radius 1 is 1.32 bits per heavy atom. The molecule has 0 heterocycles. The molecule has 1 aromatic carbocycles. The molecule has 0 saturated carbocycles. The minimum atomic E-state index is -0.124. The molecule has 1 aromatic rings. The van der Waals surface area contributed by atoms with Crippen molar-refractivity contribution in [3.63, 3.8) is 0 Å². The van der Waals surface area contributed by atoms with Gasteiger partial charge in [-0.05, 0) is 24.6 Å². The van der Waals surface area contributed by atoms with E-state index in [-0.39, 0.29) is 30.1 Å². The Kier molecular flexibility index (Phi) is 12.6. The van der Waals surface area contributed by atoms with Crippen LogP contribution in [0.15, 0.2) is 29.3 Å². The summed E-state index contributed by atoms with van der Waals surface area (Å²) < 4.78 is 10.5. The first-order valence-electron chi connectivity index (χ1n) is 7.00. The lowest BCUT2D eigenvalue weighted by Crippen LogP contribution is -2.39. The Balaban J connectivity index is 0.00000441. The number of guanidine groups is 1. The van der Waals surface area contributed by atoms with Gasteiger partial charge >= 0.3 is 0 Å². The predicted octanol–water partition coefficient (Wildman–Crippen LogP) is 2.85. The van der Waals surface area contributed by atoms with Gasteiger partial charge in [0.05, 0.1) is 13.2 Å². The highest BCUT2D eigenvalue weighted by atomic mass is 127. The van der Waals surface area contributed by atoms with Crippen LogP contribution in [0, 0.1) is 0 Å². The molecule has 0 aromatic heterocycles. The molecule has 1 rings (SSSR count). The molecule has 0 radical (unpaired) electrons. The summed E-state index contributed by atoms with van der Waals surface area (Å²) in [6.07, 6.45) is -0.124. The van der Waals surface area contributed by atoms with Gasteiger partial charge in [-0.15, -0.1) is 24.0 Å². The first-order valence-corrected chi connectivity index (χ1v) is 7.38. The summed E-state index contributed by atoms with van der Waals surface area (Å²) in [7, 11) is 3.35. The van der Waals surface area contributed by atoms with Crippen LogP contribution < -0.4 is 10.6 Å². The molecule has 0 aliphatic rings. The van der Waals surface area contributed by atoms with E-state index >= 15 is 0 Å². The number of benzene rings is 1. The van der Waals surface area contributed by atoms with Gasteiger partial charge < -0.3 is 20.1 Å². The SMILES string of the molecule is CCNC(=NCC(OC)c1cccc(Cl)c1)NCCOC.I. The summed E-state index contributed by atoms with van der Waals surface area (Å²) in [6.45, 7) is 4.68. The van der Waals surface area contributed by atoms with Gasteiger partial charge in [0.25, 0.3) is 0 Å². The lowest BCUT2D eigenvalue weighted by atomic mass is 10.1. The molecule has 22 heavy (non-hydrogen) atoms. The highest BCUT2D eigenvalue weighted by molar-refractivity contribution is 14.0. The Morgan fingerprint density at radius 2 is 2.09 bits per heavy atom. The first kappa shape index (κ1) is 21.4. The van der Waals surface area contributed by atoms with Crippen molar-refractivity contribution in [2.24, 2.45) is 4.99 Å². The minimum absolute atomic E-state index is 0. The van der Waals surface area contributed by atoms with E-state index in [4.69, 9.17) is 21.1 Å². The average molecular weight is 442 g/mol. The molecule has 1 atom stereocenters. The topological polar surface area (TPSA) is 54.9 Å². The highest BCUT2D eigenvalue weighted by Crippen LogP contribution is 2.20. The van der Waals surface area contributed by atoms with Crippen molar-refractivity contribution in [1.29, 1.82) is 0 Å². The largest absolute Gasteiger partial charge is 0.383 e. The third-order valence-corrected chi connectivity index (χ3v) is 3.10. The molecule has 5 nitrogen and oxygen atoms in total. The monoisotopic (exact) mass is 441 g/mol. The van der Waals surface area contributed by atoms with E-state index in [2.05, 4.69) is 15.6 Å². The summed E-state index contributed by atoms with van der Waals surface area (Å²) in [5.74, 6) is 0.749. The predicted molar refractivity (Wildman–Crippen MR) is 102 cm³/mol. The summed E-state index contributed by atoms with van der Waals surface area (Å²) in [6, 6.07) is 7.64. The molecule has 2 N–H and O–H groups in total. The fourth-order valence-electron chi connectivity index (χ4n) is 1.81. The number of nitrogens with one attached hydrogen (secondary N) is 2. The maximum Gasteiger partial charge on any atom is 0.191 e. The molecule has 0 amide bonds. The molecule has 0 spiro atoms. The molecule has 1 unspecified atom stereocenters. The number of halogens is 2. The number of ether oxygens (including phenoxy) is 2. The van der Waals surface area contributed by atoms with E-state index in [1.807, 2.05) is 31.2 Å². The van der Waals surface area contributed by atoms with Crippen LogP contribution in [-0.2, 0) is 9.47 Å². The van der Waals surface area contributed by atoms with Crippen molar-refractivity contribution in [1.82, 2.24) is 10.6 Å². The maximum absolute atomic E-state index is 6.01. The quantitative estimate of drug-likeness (QED) is 0.282. The average Bonchev–Trinajstić information content (AvgIpc) is 2.48. The normalized spacial score (nSPS) is 12.5. The number of rotatable bonds is 8. The third kappa shape index (κ3) is 8.17. The van der Waals surface area contributed by atoms with Crippen LogP contribution >= 0.6 is 35.6 Å². The molecular formula is C15H25ClIN3O2. The van der Waals surface area contributed by atoms with Crippen molar-refractivity contribution < 1.29 is 9.47 Å². The van der Waals surface area contributed by atoms with Gasteiger partial charge in [0.15, 0.2) is 5.96 Å². The lowest BCUT2D eigenvalue weighted by Gasteiger charge is -2.16. The van der Waals surface area contributed by atoms with E-state index in [9.17, 15) is 0 Å². The van der Waals surface area contributed by atoms with Crippen LogP contribution in [0.2, 0.25) is 5.02 Å². The van der Waals surface area contributed by atoms with Gasteiger partial charge in [0.2, 0.25) is 0 Å². The smallest absolute Gasteiger partial charge is 0.191 e. The zero-order chi connectivity index (χ0) is 15.5. The summed E-state index contributed by atoms with van der Waals surface area (Å²) >= 11 is 6.01. The van der Waals surface area contributed by atoms with Gasteiger partial charge in [-0.3, -0.25) is 4.99 Å². The van der Waals surface area contributed by atoms with E-state index in [1.165, 1.54) is 0 Å². The van der Waals surface area contributed by atoms with Crippen LogP contribution in [0.1, 0.15) is 18.6 Å². The fourth-order valence-corrected chi connectivity index (χ4v) is 2.01. The van der Waals surface area contributed by atoms with Crippen molar-refractivity contribution in [3.05, 3.63) is 34.9 Å². The Hall–Kier alpha value is -0.570. The highest BCUT2D eigenvalue weighted by Gasteiger charge is 2.10. The van der Waals surface area contributed by atoms with Crippen molar-refractivity contribution in [2.75, 3.05) is 40.5 Å². The number of hydrogen-bond donors (Lipinski definition) is 2. The second-order valence-corrected chi connectivity index (χ2v) is 4.85. The van der Waals surface area contributed by atoms with Crippen molar-refractivity contribution in [3.8, 4) is 0 Å². The first-order chi connectivity index (χ1) is 10.2. The molecular weight excluding hydrogens is 417 g/mol. The van der Waals surface area contributed by atoms with Gasteiger partial charge in [-0.25, -0.2) is 0 Å². The number of aliphatic imine (C=N–C) groups is 1. The fraction of sp³-hybridized carbons (Fsp3) is 0.533. The van der Waals surface area contributed by atoms with E-state index in [1.54, 1.807) is 14.2 Å². The van der Waals surface area contributed by atoms with Crippen LogP contribution in [0.4, 0.5) is 0 Å². The zero-order valence-electron chi connectivity index (χ0n) is 13.3. The molecule has 0 bridgehead atoms. The number of methoxy groups -OCH3 is 2. The second kappa shape index (κ2) is 12.9. The maximum atomic E-state index is 6.01. The minimum Gasteiger partial charge on any atom is -0.383 e. The van der Waals surface area contributed by atoms with Gasteiger partial charge in [-0.1, -0.05) is 23.7 Å². The Labute approximate surface area is 154 Å². The summed E-state index contributed by atoms with van der Waals surface area (Å²) in [5, 5.41) is 7.08. The van der Waals surface area contributed by atoms with Crippen molar-refractivity contribution >= 4 is 41.5 Å². The van der Waals surface area contributed by atoms with Crippen LogP contribution in [-0.4, -0.2) is 46.4 Å². The van der Waals surface area contributed by atoms with E-state index < -0.39 is 0 Å². The van der Waals surface area contributed by atoms with Crippen LogP contribution in [0.25, 0.3) is 0 Å². The molecule has 126 valence electrons. The van der Waals surface area contributed by atoms with E-state index in [0.717, 1.165) is 18.1 Å². The Bertz CT molecular complexity index is 447. The second-order valence-electron chi connectivity index (χ2n) is 4.42. The molecule has 0 aliphatic heterocycles. The summed E-state index contributed by atoms with van der Waals surface area (Å²) in [4.78, 5) is 4.53.